The standard InChI is InChI=1S/C14H17F2NO/c15-12-3-2-11(9-13(12)16)14(18)4-1-10-5-7-17-8-6-10/h2-3,9-10,17H,1,4-8H2. The summed E-state index contributed by atoms with van der Waals surface area (Å²) in [5, 5.41) is 3.27. The van der Waals surface area contributed by atoms with Gasteiger partial charge in [-0.3, -0.25) is 4.79 Å². The molecule has 0 atom stereocenters. The Bertz CT molecular complexity index is 428. The predicted molar refractivity (Wildman–Crippen MR) is 65.5 cm³/mol. The molecule has 4 heteroatoms. The second-order valence-corrected chi connectivity index (χ2v) is 4.78. The first-order valence-corrected chi connectivity index (χ1v) is 6.36. The number of nitrogens with one attached hydrogen (secondary N) is 1. The Morgan fingerprint density at radius 3 is 2.61 bits per heavy atom. The molecule has 2 nitrogen and oxygen atoms in total. The highest BCUT2D eigenvalue weighted by atomic mass is 19.2. The summed E-state index contributed by atoms with van der Waals surface area (Å²) in [5.41, 5.74) is 0.267. The summed E-state index contributed by atoms with van der Waals surface area (Å²) in [6.07, 6.45) is 3.42. The van der Waals surface area contributed by atoms with E-state index in [2.05, 4.69) is 5.32 Å². The van der Waals surface area contributed by atoms with E-state index in [9.17, 15) is 13.6 Å². The summed E-state index contributed by atoms with van der Waals surface area (Å²) in [5.74, 6) is -1.40. The minimum absolute atomic E-state index is 0.104. The predicted octanol–water partition coefficient (Wildman–Crippen LogP) is 2.93. The van der Waals surface area contributed by atoms with Crippen molar-refractivity contribution in [3.05, 3.63) is 35.4 Å². The summed E-state index contributed by atoms with van der Waals surface area (Å²) >= 11 is 0. The van der Waals surface area contributed by atoms with Gasteiger partial charge in [0.25, 0.3) is 0 Å². The lowest BCUT2D eigenvalue weighted by Gasteiger charge is -2.22. The molecule has 0 unspecified atom stereocenters. The van der Waals surface area contributed by atoms with Gasteiger partial charge < -0.3 is 5.32 Å². The van der Waals surface area contributed by atoms with E-state index in [1.54, 1.807) is 0 Å². The lowest BCUT2D eigenvalue weighted by molar-refractivity contribution is 0.0970. The molecular weight excluding hydrogens is 236 g/mol. The summed E-state index contributed by atoms with van der Waals surface area (Å²) in [4.78, 5) is 11.8. The number of hydrogen-bond donors (Lipinski definition) is 1. The van der Waals surface area contributed by atoms with Gasteiger partial charge in [-0.25, -0.2) is 8.78 Å². The molecule has 98 valence electrons. The van der Waals surface area contributed by atoms with Crippen LogP contribution in [0.15, 0.2) is 18.2 Å². The van der Waals surface area contributed by atoms with Crippen molar-refractivity contribution in [3.8, 4) is 0 Å². The van der Waals surface area contributed by atoms with Crippen LogP contribution < -0.4 is 5.32 Å². The molecule has 0 aromatic heterocycles. The number of halogens is 2. The van der Waals surface area contributed by atoms with Gasteiger partial charge in [0.05, 0.1) is 0 Å². The molecular formula is C14H17F2NO. The van der Waals surface area contributed by atoms with E-state index in [1.165, 1.54) is 6.07 Å². The van der Waals surface area contributed by atoms with Gasteiger partial charge in [0.2, 0.25) is 0 Å². The fourth-order valence-electron chi connectivity index (χ4n) is 2.32. The number of piperidine rings is 1. The highest BCUT2D eigenvalue weighted by Gasteiger charge is 2.16. The number of carbonyl (C=O) groups excluding carboxylic acids is 1. The second-order valence-electron chi connectivity index (χ2n) is 4.78. The largest absolute Gasteiger partial charge is 0.317 e. The Morgan fingerprint density at radius 1 is 1.22 bits per heavy atom. The number of hydrogen-bond acceptors (Lipinski definition) is 2. The van der Waals surface area contributed by atoms with Gasteiger partial charge in [0.15, 0.2) is 17.4 Å². The van der Waals surface area contributed by atoms with E-state index in [4.69, 9.17) is 0 Å². The normalized spacial score (nSPS) is 16.8. The molecule has 1 N–H and O–H groups in total. The van der Waals surface area contributed by atoms with Crippen molar-refractivity contribution in [2.45, 2.75) is 25.7 Å². The molecule has 1 heterocycles. The minimum atomic E-state index is -0.956. The molecule has 0 saturated carbocycles. The molecule has 1 aromatic carbocycles. The number of carbonyl (C=O) groups is 1. The molecule has 0 aliphatic carbocycles. The van der Waals surface area contributed by atoms with E-state index in [-0.39, 0.29) is 11.3 Å². The smallest absolute Gasteiger partial charge is 0.162 e. The van der Waals surface area contributed by atoms with Gasteiger partial charge >= 0.3 is 0 Å². The van der Waals surface area contributed by atoms with E-state index in [0.717, 1.165) is 44.5 Å². The highest BCUT2D eigenvalue weighted by Crippen LogP contribution is 2.19. The Hall–Kier alpha value is -1.29. The average molecular weight is 253 g/mol. The Kier molecular flexibility index (Phi) is 4.42. The van der Waals surface area contributed by atoms with Crippen LogP contribution in [-0.4, -0.2) is 18.9 Å². The van der Waals surface area contributed by atoms with Crippen molar-refractivity contribution in [3.63, 3.8) is 0 Å². The third-order valence-corrected chi connectivity index (χ3v) is 3.48. The zero-order chi connectivity index (χ0) is 13.0. The third-order valence-electron chi connectivity index (χ3n) is 3.48. The quantitative estimate of drug-likeness (QED) is 0.836. The molecule has 1 fully saturated rings. The van der Waals surface area contributed by atoms with Crippen LogP contribution in [0.5, 0.6) is 0 Å². The minimum Gasteiger partial charge on any atom is -0.317 e. The fraction of sp³-hybridized carbons (Fsp3) is 0.500. The summed E-state index contributed by atoms with van der Waals surface area (Å²) in [6.45, 7) is 2.01. The maximum atomic E-state index is 13.0. The van der Waals surface area contributed by atoms with Crippen LogP contribution in [-0.2, 0) is 0 Å². The first kappa shape index (κ1) is 13.1. The van der Waals surface area contributed by atoms with E-state index in [1.807, 2.05) is 0 Å². The molecule has 1 aliphatic heterocycles. The summed E-state index contributed by atoms with van der Waals surface area (Å²) < 4.78 is 25.7. The Balaban J connectivity index is 1.88. The second kappa shape index (κ2) is 6.05. The van der Waals surface area contributed by atoms with Crippen LogP contribution >= 0.6 is 0 Å². The first-order valence-electron chi connectivity index (χ1n) is 6.36. The van der Waals surface area contributed by atoms with E-state index in [0.29, 0.717) is 12.3 Å². The number of ketones is 1. The zero-order valence-electron chi connectivity index (χ0n) is 10.2. The lowest BCUT2D eigenvalue weighted by Crippen LogP contribution is -2.28. The van der Waals surface area contributed by atoms with Crippen molar-refractivity contribution < 1.29 is 13.6 Å². The molecule has 1 saturated heterocycles. The molecule has 0 bridgehead atoms. The van der Waals surface area contributed by atoms with Gasteiger partial charge in [-0.1, -0.05) is 0 Å². The van der Waals surface area contributed by atoms with Gasteiger partial charge in [0, 0.05) is 12.0 Å². The Morgan fingerprint density at radius 2 is 1.94 bits per heavy atom. The van der Waals surface area contributed by atoms with Gasteiger partial charge in [-0.15, -0.1) is 0 Å². The van der Waals surface area contributed by atoms with Gasteiger partial charge in [-0.05, 0) is 56.5 Å². The van der Waals surface area contributed by atoms with E-state index < -0.39 is 11.6 Å². The van der Waals surface area contributed by atoms with Crippen LogP contribution in [0.1, 0.15) is 36.0 Å². The van der Waals surface area contributed by atoms with Crippen molar-refractivity contribution in [1.29, 1.82) is 0 Å². The maximum Gasteiger partial charge on any atom is 0.162 e. The van der Waals surface area contributed by atoms with Crippen LogP contribution in [0.2, 0.25) is 0 Å². The molecule has 0 radical (unpaired) electrons. The third kappa shape index (κ3) is 3.35. The monoisotopic (exact) mass is 253 g/mol. The fourth-order valence-corrected chi connectivity index (χ4v) is 2.32. The van der Waals surface area contributed by atoms with Crippen LogP contribution in [0.4, 0.5) is 8.78 Å². The number of benzene rings is 1. The van der Waals surface area contributed by atoms with Gasteiger partial charge in [-0.2, -0.15) is 0 Å². The Labute approximate surface area is 105 Å². The molecule has 1 aromatic rings. The van der Waals surface area contributed by atoms with Crippen molar-refractivity contribution >= 4 is 5.78 Å². The van der Waals surface area contributed by atoms with Crippen molar-refractivity contribution in [2.24, 2.45) is 5.92 Å². The summed E-state index contributed by atoms with van der Waals surface area (Å²) in [7, 11) is 0. The van der Waals surface area contributed by atoms with Crippen molar-refractivity contribution in [2.75, 3.05) is 13.1 Å². The molecule has 1 aliphatic rings. The SMILES string of the molecule is O=C(CCC1CCNCC1)c1ccc(F)c(F)c1. The lowest BCUT2D eigenvalue weighted by atomic mass is 9.91. The maximum absolute atomic E-state index is 13.0. The number of Topliss-reactive ketones (excluding diaryl/α,β-unsaturated/α-hetero) is 1. The topological polar surface area (TPSA) is 29.1 Å². The number of rotatable bonds is 4. The van der Waals surface area contributed by atoms with Crippen LogP contribution in [0.3, 0.4) is 0 Å². The molecule has 0 spiro atoms. The first-order chi connectivity index (χ1) is 8.66. The molecule has 2 rings (SSSR count). The van der Waals surface area contributed by atoms with Gasteiger partial charge in [0.1, 0.15) is 0 Å². The molecule has 18 heavy (non-hydrogen) atoms. The van der Waals surface area contributed by atoms with Crippen LogP contribution in [0, 0.1) is 17.6 Å². The zero-order valence-corrected chi connectivity index (χ0v) is 10.2. The van der Waals surface area contributed by atoms with E-state index >= 15 is 0 Å². The highest BCUT2D eigenvalue weighted by molar-refractivity contribution is 5.96. The summed E-state index contributed by atoms with van der Waals surface area (Å²) in [6, 6.07) is 3.34. The average Bonchev–Trinajstić information content (AvgIpc) is 2.40. The van der Waals surface area contributed by atoms with Crippen LogP contribution in [0.25, 0.3) is 0 Å². The molecule has 0 amide bonds. The van der Waals surface area contributed by atoms with Crippen molar-refractivity contribution in [1.82, 2.24) is 5.32 Å².